The zero-order chi connectivity index (χ0) is 14.2. The number of hydrogen-bond donors (Lipinski definition) is 1. The van der Waals surface area contributed by atoms with Crippen molar-refractivity contribution in [1.29, 1.82) is 0 Å². The lowest BCUT2D eigenvalue weighted by Crippen LogP contribution is -2.22. The average molecular weight is 271 g/mol. The number of unbranched alkanes of at least 4 members (excludes halogenated alkanes) is 1. The van der Waals surface area contributed by atoms with Gasteiger partial charge in [-0.1, -0.05) is 44.5 Å². The molecule has 1 aromatic heterocycles. The minimum Gasteiger partial charge on any atom is -0.472 e. The molecule has 0 aliphatic rings. The number of furan rings is 1. The SMILES string of the molecule is CCCCc1ccc(C(NCCC)c2ccoc2)cc1. The highest BCUT2D eigenvalue weighted by molar-refractivity contribution is 5.32. The summed E-state index contributed by atoms with van der Waals surface area (Å²) in [6, 6.07) is 11.3. The van der Waals surface area contributed by atoms with Crippen LogP contribution >= 0.6 is 0 Å². The summed E-state index contributed by atoms with van der Waals surface area (Å²) in [6.45, 7) is 5.43. The quantitative estimate of drug-likeness (QED) is 0.752. The van der Waals surface area contributed by atoms with Crippen LogP contribution in [0.3, 0.4) is 0 Å². The molecule has 1 aromatic carbocycles. The molecule has 0 aliphatic heterocycles. The van der Waals surface area contributed by atoms with Crippen LogP contribution in [-0.4, -0.2) is 6.54 Å². The molecular formula is C18H25NO. The van der Waals surface area contributed by atoms with E-state index in [4.69, 9.17) is 4.42 Å². The van der Waals surface area contributed by atoms with Gasteiger partial charge < -0.3 is 9.73 Å². The monoisotopic (exact) mass is 271 g/mol. The third-order valence-electron chi connectivity index (χ3n) is 3.61. The predicted molar refractivity (Wildman–Crippen MR) is 83.9 cm³/mol. The van der Waals surface area contributed by atoms with Gasteiger partial charge in [-0.05, 0) is 43.0 Å². The number of benzene rings is 1. The Bertz CT molecular complexity index is 473. The third kappa shape index (κ3) is 3.97. The molecule has 1 atom stereocenters. The van der Waals surface area contributed by atoms with Crippen molar-refractivity contribution in [2.24, 2.45) is 0 Å². The summed E-state index contributed by atoms with van der Waals surface area (Å²) in [4.78, 5) is 0. The van der Waals surface area contributed by atoms with Gasteiger partial charge >= 0.3 is 0 Å². The van der Waals surface area contributed by atoms with Crippen molar-refractivity contribution in [3.8, 4) is 0 Å². The molecule has 0 spiro atoms. The number of rotatable bonds is 8. The molecule has 1 unspecified atom stereocenters. The predicted octanol–water partition coefficient (Wildman–Crippen LogP) is 4.71. The Hall–Kier alpha value is -1.54. The first kappa shape index (κ1) is 14.9. The number of hydrogen-bond acceptors (Lipinski definition) is 2. The molecular weight excluding hydrogens is 246 g/mol. The summed E-state index contributed by atoms with van der Waals surface area (Å²) in [5.74, 6) is 0. The Morgan fingerprint density at radius 2 is 1.80 bits per heavy atom. The van der Waals surface area contributed by atoms with Crippen molar-refractivity contribution in [2.45, 2.75) is 45.6 Å². The lowest BCUT2D eigenvalue weighted by Gasteiger charge is -2.18. The molecule has 0 amide bonds. The van der Waals surface area contributed by atoms with Gasteiger partial charge in [0.25, 0.3) is 0 Å². The minimum atomic E-state index is 0.230. The van der Waals surface area contributed by atoms with Crippen molar-refractivity contribution in [1.82, 2.24) is 5.32 Å². The largest absolute Gasteiger partial charge is 0.472 e. The van der Waals surface area contributed by atoms with E-state index in [1.807, 2.05) is 12.3 Å². The van der Waals surface area contributed by atoms with Crippen LogP contribution in [0.15, 0.2) is 47.3 Å². The molecule has 0 aliphatic carbocycles. The van der Waals surface area contributed by atoms with Gasteiger partial charge in [-0.3, -0.25) is 0 Å². The summed E-state index contributed by atoms with van der Waals surface area (Å²) in [5, 5.41) is 3.59. The van der Waals surface area contributed by atoms with Gasteiger partial charge in [-0.25, -0.2) is 0 Å². The lowest BCUT2D eigenvalue weighted by atomic mass is 9.98. The van der Waals surface area contributed by atoms with E-state index in [0.717, 1.165) is 13.0 Å². The smallest absolute Gasteiger partial charge is 0.0953 e. The van der Waals surface area contributed by atoms with Gasteiger partial charge in [-0.15, -0.1) is 0 Å². The second kappa shape index (κ2) is 7.91. The van der Waals surface area contributed by atoms with Gasteiger partial charge in [0, 0.05) is 5.56 Å². The van der Waals surface area contributed by atoms with E-state index in [9.17, 15) is 0 Å². The van der Waals surface area contributed by atoms with Gasteiger partial charge in [0.1, 0.15) is 0 Å². The van der Waals surface area contributed by atoms with E-state index in [1.165, 1.54) is 36.0 Å². The molecule has 0 saturated heterocycles. The Morgan fingerprint density at radius 3 is 2.40 bits per heavy atom. The van der Waals surface area contributed by atoms with E-state index in [0.29, 0.717) is 0 Å². The van der Waals surface area contributed by atoms with Crippen LogP contribution in [0.1, 0.15) is 55.8 Å². The highest BCUT2D eigenvalue weighted by Crippen LogP contribution is 2.23. The molecule has 1 N–H and O–H groups in total. The molecule has 2 nitrogen and oxygen atoms in total. The second-order valence-corrected chi connectivity index (χ2v) is 5.29. The molecule has 2 heteroatoms. The molecule has 20 heavy (non-hydrogen) atoms. The van der Waals surface area contributed by atoms with Crippen LogP contribution in [0.5, 0.6) is 0 Å². The van der Waals surface area contributed by atoms with E-state index < -0.39 is 0 Å². The normalized spacial score (nSPS) is 12.5. The summed E-state index contributed by atoms with van der Waals surface area (Å²) in [6.07, 6.45) is 8.39. The number of nitrogens with one attached hydrogen (secondary N) is 1. The molecule has 2 rings (SSSR count). The zero-order valence-electron chi connectivity index (χ0n) is 12.6. The molecule has 0 fully saturated rings. The van der Waals surface area contributed by atoms with Crippen LogP contribution in [0.25, 0.3) is 0 Å². The van der Waals surface area contributed by atoms with E-state index >= 15 is 0 Å². The first-order chi connectivity index (χ1) is 9.85. The van der Waals surface area contributed by atoms with Crippen molar-refractivity contribution < 1.29 is 4.42 Å². The van der Waals surface area contributed by atoms with Gasteiger partial charge in [-0.2, -0.15) is 0 Å². The summed E-state index contributed by atoms with van der Waals surface area (Å²) in [5.41, 5.74) is 3.93. The van der Waals surface area contributed by atoms with Gasteiger partial charge in [0.2, 0.25) is 0 Å². The van der Waals surface area contributed by atoms with Crippen LogP contribution in [0.4, 0.5) is 0 Å². The maximum atomic E-state index is 5.23. The van der Waals surface area contributed by atoms with Gasteiger partial charge in [0.05, 0.1) is 18.6 Å². The number of aryl methyl sites for hydroxylation is 1. The molecule has 1 heterocycles. The van der Waals surface area contributed by atoms with Crippen molar-refractivity contribution in [2.75, 3.05) is 6.54 Å². The minimum absolute atomic E-state index is 0.230. The highest BCUT2D eigenvalue weighted by atomic mass is 16.3. The van der Waals surface area contributed by atoms with Crippen molar-refractivity contribution in [3.05, 3.63) is 59.5 Å². The van der Waals surface area contributed by atoms with E-state index in [2.05, 4.69) is 43.4 Å². The first-order valence-corrected chi connectivity index (χ1v) is 7.69. The fraction of sp³-hybridized carbons (Fsp3) is 0.444. The molecule has 0 radical (unpaired) electrons. The Morgan fingerprint density at radius 1 is 1.00 bits per heavy atom. The van der Waals surface area contributed by atoms with Crippen LogP contribution in [0, 0.1) is 0 Å². The van der Waals surface area contributed by atoms with E-state index in [-0.39, 0.29) is 6.04 Å². The van der Waals surface area contributed by atoms with Crippen molar-refractivity contribution >= 4 is 0 Å². The highest BCUT2D eigenvalue weighted by Gasteiger charge is 2.14. The zero-order valence-corrected chi connectivity index (χ0v) is 12.6. The van der Waals surface area contributed by atoms with Crippen LogP contribution < -0.4 is 5.32 Å². The molecule has 2 aromatic rings. The molecule has 108 valence electrons. The molecule has 0 bridgehead atoms. The first-order valence-electron chi connectivity index (χ1n) is 7.69. The Kier molecular flexibility index (Phi) is 5.87. The second-order valence-electron chi connectivity index (χ2n) is 5.29. The summed E-state index contributed by atoms with van der Waals surface area (Å²) in [7, 11) is 0. The Balaban J connectivity index is 2.12. The fourth-order valence-corrected chi connectivity index (χ4v) is 2.41. The third-order valence-corrected chi connectivity index (χ3v) is 3.61. The standard InChI is InChI=1S/C18H25NO/c1-3-5-6-15-7-9-16(10-8-15)18(19-12-4-2)17-11-13-20-14-17/h7-11,13-14,18-19H,3-6,12H2,1-2H3. The van der Waals surface area contributed by atoms with Crippen LogP contribution in [-0.2, 0) is 6.42 Å². The maximum absolute atomic E-state index is 5.23. The van der Waals surface area contributed by atoms with E-state index in [1.54, 1.807) is 6.26 Å². The van der Waals surface area contributed by atoms with Crippen molar-refractivity contribution in [3.63, 3.8) is 0 Å². The fourth-order valence-electron chi connectivity index (χ4n) is 2.41. The van der Waals surface area contributed by atoms with Gasteiger partial charge in [0.15, 0.2) is 0 Å². The Labute approximate surface area is 122 Å². The molecule has 0 saturated carbocycles. The summed E-state index contributed by atoms with van der Waals surface area (Å²) < 4.78 is 5.23. The summed E-state index contributed by atoms with van der Waals surface area (Å²) >= 11 is 0. The topological polar surface area (TPSA) is 25.2 Å². The maximum Gasteiger partial charge on any atom is 0.0953 e. The lowest BCUT2D eigenvalue weighted by molar-refractivity contribution is 0.548. The van der Waals surface area contributed by atoms with Crippen LogP contribution in [0.2, 0.25) is 0 Å². The average Bonchev–Trinajstić information content (AvgIpc) is 3.01.